The van der Waals surface area contributed by atoms with Gasteiger partial charge in [-0.3, -0.25) is 4.57 Å². The Morgan fingerprint density at radius 2 is 1.68 bits per heavy atom. The van der Waals surface area contributed by atoms with E-state index in [4.69, 9.17) is 28.0 Å². The van der Waals surface area contributed by atoms with E-state index in [-0.39, 0.29) is 50.2 Å². The first-order valence-corrected chi connectivity index (χ1v) is 13.4. The van der Waals surface area contributed by atoms with Crippen molar-refractivity contribution in [3.63, 3.8) is 0 Å². The first kappa shape index (κ1) is 30.1. The van der Waals surface area contributed by atoms with Gasteiger partial charge in [0.1, 0.15) is 12.7 Å². The van der Waals surface area contributed by atoms with Crippen molar-refractivity contribution in [3.05, 3.63) is 46.5 Å². The minimum atomic E-state index is -3.89. The molecule has 1 unspecified atom stereocenters. The fourth-order valence-corrected chi connectivity index (χ4v) is 5.13. The van der Waals surface area contributed by atoms with Gasteiger partial charge in [0, 0.05) is 20.8 Å². The van der Waals surface area contributed by atoms with E-state index in [0.717, 1.165) is 11.8 Å². The third-order valence-electron chi connectivity index (χ3n) is 4.23. The third-order valence-corrected chi connectivity index (χ3v) is 7.10. The Morgan fingerprint density at radius 3 is 2.18 bits per heavy atom. The minimum Gasteiger partial charge on any atom is -0.459 e. The van der Waals surface area contributed by atoms with Crippen LogP contribution in [0.2, 0.25) is 0 Å². The van der Waals surface area contributed by atoms with Crippen molar-refractivity contribution in [2.45, 2.75) is 12.7 Å². The van der Waals surface area contributed by atoms with Crippen LogP contribution in [0.3, 0.4) is 0 Å². The number of methoxy groups -OCH3 is 2. The maximum Gasteiger partial charge on any atom is 0.357 e. The number of carbonyl (C=O) groups excluding carboxylic acids is 1. The molecule has 190 valence electrons. The summed E-state index contributed by atoms with van der Waals surface area (Å²) >= 11 is 1.10. The van der Waals surface area contributed by atoms with Crippen LogP contribution >= 0.6 is 19.4 Å². The SMILES string of the molecule is CCOCCOC(=O)/C(C#N)=C(\NC(c1ccccc1)P(=O)(OCCOC)OCCOC)SC. The number of nitriles is 1. The number of nitrogens with one attached hydrogen (secondary N) is 1. The largest absolute Gasteiger partial charge is 0.459 e. The number of nitrogens with zero attached hydrogens (tertiary/aromatic N) is 1. The van der Waals surface area contributed by atoms with Gasteiger partial charge < -0.3 is 33.3 Å². The van der Waals surface area contributed by atoms with Gasteiger partial charge in [-0.05, 0) is 18.7 Å². The summed E-state index contributed by atoms with van der Waals surface area (Å²) in [6.45, 7) is 2.93. The molecule has 1 N–H and O–H groups in total. The number of hydrogen-bond donors (Lipinski definition) is 1. The molecule has 10 nitrogen and oxygen atoms in total. The van der Waals surface area contributed by atoms with Crippen LogP contribution in [-0.2, 0) is 37.4 Å². The fraction of sp³-hybridized carbons (Fsp3) is 0.545. The quantitative estimate of drug-likeness (QED) is 0.101. The van der Waals surface area contributed by atoms with Crippen molar-refractivity contribution in [1.29, 1.82) is 5.26 Å². The molecule has 0 aliphatic carbocycles. The van der Waals surface area contributed by atoms with Gasteiger partial charge in [0.05, 0.1) is 38.1 Å². The summed E-state index contributed by atoms with van der Waals surface area (Å²) in [6, 6.07) is 10.7. The van der Waals surface area contributed by atoms with Crippen LogP contribution in [0.25, 0.3) is 0 Å². The standard InChI is InChI=1S/C22H33N2O8PS/c1-5-29-13-14-30-22(25)19(17-23)21(34-4)24-20(18-9-7-6-8-10-18)33(26,31-15-11-27-2)32-16-12-28-3/h6-10,20,24H,5,11-16H2,1-4H3/b21-19+. The molecule has 0 heterocycles. The molecule has 1 atom stereocenters. The van der Waals surface area contributed by atoms with Crippen LogP contribution < -0.4 is 5.32 Å². The van der Waals surface area contributed by atoms with Crippen LogP contribution in [0.4, 0.5) is 0 Å². The maximum atomic E-state index is 14.0. The summed E-state index contributed by atoms with van der Waals surface area (Å²) in [5.41, 5.74) is 0.319. The lowest BCUT2D eigenvalue weighted by Gasteiger charge is -2.29. The Labute approximate surface area is 205 Å². The second-order valence-corrected chi connectivity index (χ2v) is 9.43. The molecule has 0 fully saturated rings. The summed E-state index contributed by atoms with van der Waals surface area (Å²) in [6.07, 6.45) is 1.68. The zero-order chi connectivity index (χ0) is 25.2. The zero-order valence-corrected chi connectivity index (χ0v) is 21.7. The van der Waals surface area contributed by atoms with Crippen LogP contribution in [0.1, 0.15) is 18.3 Å². The van der Waals surface area contributed by atoms with Crippen LogP contribution in [0.15, 0.2) is 40.9 Å². The molecule has 0 saturated heterocycles. The van der Waals surface area contributed by atoms with E-state index in [9.17, 15) is 14.6 Å². The monoisotopic (exact) mass is 516 g/mol. The Morgan fingerprint density at radius 1 is 1.06 bits per heavy atom. The lowest BCUT2D eigenvalue weighted by molar-refractivity contribution is -0.140. The van der Waals surface area contributed by atoms with Crippen molar-refractivity contribution in [1.82, 2.24) is 5.32 Å². The Bertz CT molecular complexity index is 833. The van der Waals surface area contributed by atoms with Gasteiger partial charge in [0.15, 0.2) is 11.4 Å². The molecule has 0 bridgehead atoms. The molecule has 12 heteroatoms. The third kappa shape index (κ3) is 10.2. The van der Waals surface area contributed by atoms with E-state index in [1.165, 1.54) is 14.2 Å². The molecule has 0 spiro atoms. The van der Waals surface area contributed by atoms with E-state index in [1.54, 1.807) is 30.5 Å². The van der Waals surface area contributed by atoms with Gasteiger partial charge in [0.25, 0.3) is 0 Å². The first-order valence-electron chi connectivity index (χ1n) is 10.6. The normalized spacial score (nSPS) is 13.0. The number of carbonyl (C=O) groups is 1. The van der Waals surface area contributed by atoms with Crippen molar-refractivity contribution >= 4 is 25.3 Å². The highest BCUT2D eigenvalue weighted by Crippen LogP contribution is 2.60. The summed E-state index contributed by atoms with van der Waals surface area (Å²) in [5.74, 6) is -1.84. The smallest absolute Gasteiger partial charge is 0.357 e. The lowest BCUT2D eigenvalue weighted by atomic mass is 10.2. The molecule has 0 aliphatic heterocycles. The van der Waals surface area contributed by atoms with Gasteiger partial charge in [-0.1, -0.05) is 30.3 Å². The molecule has 0 radical (unpaired) electrons. The number of ether oxygens (including phenoxy) is 4. The topological polar surface area (TPSA) is 125 Å². The molecule has 34 heavy (non-hydrogen) atoms. The highest BCUT2D eigenvalue weighted by molar-refractivity contribution is 8.02. The average molecular weight is 517 g/mol. The van der Waals surface area contributed by atoms with E-state index >= 15 is 0 Å². The Balaban J connectivity index is 3.34. The van der Waals surface area contributed by atoms with Gasteiger partial charge in [0.2, 0.25) is 0 Å². The minimum absolute atomic E-state index is 0.000376. The summed E-state index contributed by atoms with van der Waals surface area (Å²) in [7, 11) is -0.893. The van der Waals surface area contributed by atoms with E-state index < -0.39 is 19.3 Å². The van der Waals surface area contributed by atoms with E-state index in [1.807, 2.05) is 19.1 Å². The zero-order valence-electron chi connectivity index (χ0n) is 20.0. The van der Waals surface area contributed by atoms with E-state index in [0.29, 0.717) is 12.2 Å². The Kier molecular flexibility index (Phi) is 15.5. The van der Waals surface area contributed by atoms with E-state index in [2.05, 4.69) is 5.32 Å². The summed E-state index contributed by atoms with van der Waals surface area (Å²) in [4.78, 5) is 12.6. The molecule has 0 amide bonds. The molecule has 1 rings (SSSR count). The fourth-order valence-electron chi connectivity index (χ4n) is 2.62. The highest BCUT2D eigenvalue weighted by atomic mass is 32.2. The second kappa shape index (κ2) is 17.5. The summed E-state index contributed by atoms with van der Waals surface area (Å²) < 4.78 is 45.7. The number of rotatable bonds is 18. The lowest BCUT2D eigenvalue weighted by Crippen LogP contribution is -2.26. The molecule has 1 aromatic carbocycles. The molecular weight excluding hydrogens is 483 g/mol. The van der Waals surface area contributed by atoms with Gasteiger partial charge in [-0.2, -0.15) is 5.26 Å². The number of benzene rings is 1. The summed E-state index contributed by atoms with van der Waals surface area (Å²) in [5, 5.41) is 12.9. The second-order valence-electron chi connectivity index (χ2n) is 6.50. The van der Waals surface area contributed by atoms with Crippen molar-refractivity contribution < 1.29 is 37.4 Å². The molecular formula is C22H33N2O8PS. The average Bonchev–Trinajstić information content (AvgIpc) is 2.85. The van der Waals surface area contributed by atoms with Crippen LogP contribution in [-0.4, -0.2) is 72.7 Å². The molecule has 0 aromatic heterocycles. The van der Waals surface area contributed by atoms with Crippen molar-refractivity contribution in [2.75, 3.05) is 66.7 Å². The predicted octanol–water partition coefficient (Wildman–Crippen LogP) is 3.47. The Hall–Kier alpha value is -1.90. The van der Waals surface area contributed by atoms with Crippen LogP contribution in [0, 0.1) is 11.3 Å². The molecule has 1 aromatic rings. The van der Waals surface area contributed by atoms with Crippen LogP contribution in [0.5, 0.6) is 0 Å². The first-order chi connectivity index (χ1) is 16.5. The maximum absolute atomic E-state index is 14.0. The molecule has 0 saturated carbocycles. The van der Waals surface area contributed by atoms with Crippen molar-refractivity contribution in [3.8, 4) is 6.07 Å². The highest BCUT2D eigenvalue weighted by Gasteiger charge is 2.39. The number of esters is 1. The van der Waals surface area contributed by atoms with Crippen molar-refractivity contribution in [2.24, 2.45) is 0 Å². The van der Waals surface area contributed by atoms with Gasteiger partial charge in [-0.15, -0.1) is 11.8 Å². The number of thioether (sulfide) groups is 1. The predicted molar refractivity (Wildman–Crippen MR) is 129 cm³/mol. The van der Waals surface area contributed by atoms with Gasteiger partial charge >= 0.3 is 13.6 Å². The molecule has 0 aliphatic rings. The van der Waals surface area contributed by atoms with Gasteiger partial charge in [-0.25, -0.2) is 4.79 Å². The number of hydrogen-bond acceptors (Lipinski definition) is 11.